The van der Waals surface area contributed by atoms with E-state index in [0.717, 1.165) is 55.6 Å². The smallest absolute Gasteiger partial charge is 0.306 e. The molecule has 0 amide bonds. The third-order valence-electron chi connectivity index (χ3n) is 7.65. The van der Waals surface area contributed by atoms with Gasteiger partial charge in [-0.25, -0.2) is 0 Å². The zero-order valence-corrected chi connectivity index (χ0v) is 27.8. The second kappa shape index (κ2) is 22.5. The average Bonchev–Trinajstić information content (AvgIpc) is 2.94. The van der Waals surface area contributed by atoms with Crippen molar-refractivity contribution in [2.24, 2.45) is 5.92 Å². The Morgan fingerprint density at radius 1 is 0.698 bits per heavy atom. The largest absolute Gasteiger partial charge is 0.504 e. The molecule has 0 fully saturated rings. The molecular weight excluding hydrogens is 536 g/mol. The lowest BCUT2D eigenvalue weighted by Gasteiger charge is -2.06. The van der Waals surface area contributed by atoms with E-state index < -0.39 is 0 Å². The molecule has 0 aromatic heterocycles. The summed E-state index contributed by atoms with van der Waals surface area (Å²) >= 11 is 0. The second-order valence-electron chi connectivity index (χ2n) is 12.5. The van der Waals surface area contributed by atoms with Gasteiger partial charge in [-0.1, -0.05) is 72.9 Å². The number of esters is 1. The van der Waals surface area contributed by atoms with Gasteiger partial charge in [-0.15, -0.1) is 0 Å². The number of Topliss-reactive ketones (excluding diaryl/α,β-unsaturated/α-hetero) is 1. The lowest BCUT2D eigenvalue weighted by atomic mass is 10.0. The van der Waals surface area contributed by atoms with Crippen LogP contribution in [0.5, 0.6) is 11.5 Å². The Kier molecular flexibility index (Phi) is 19.8. The van der Waals surface area contributed by atoms with E-state index >= 15 is 0 Å². The third-order valence-corrected chi connectivity index (χ3v) is 7.65. The van der Waals surface area contributed by atoms with E-state index in [0.29, 0.717) is 25.7 Å². The highest BCUT2D eigenvalue weighted by molar-refractivity contribution is 5.82. The molecule has 5 nitrogen and oxygen atoms in total. The molecule has 1 aromatic rings. The number of carbonyl (C=O) groups excluding carboxylic acids is 2. The topological polar surface area (TPSA) is 83.8 Å². The molecule has 0 aliphatic rings. The number of ketones is 1. The first-order valence-corrected chi connectivity index (χ1v) is 16.3. The summed E-state index contributed by atoms with van der Waals surface area (Å²) in [6.07, 6.45) is 22.0. The Hall–Kier alpha value is -3.08. The number of aryl methyl sites for hydroxylation is 1. The quantitative estimate of drug-likeness (QED) is 0.0604. The van der Waals surface area contributed by atoms with Crippen LogP contribution in [0.2, 0.25) is 0 Å². The van der Waals surface area contributed by atoms with Crippen LogP contribution in [0.1, 0.15) is 131 Å². The molecule has 240 valence electrons. The van der Waals surface area contributed by atoms with Crippen LogP contribution in [-0.4, -0.2) is 28.6 Å². The summed E-state index contributed by atoms with van der Waals surface area (Å²) in [5.74, 6) is -0.00176. The molecule has 0 saturated carbocycles. The summed E-state index contributed by atoms with van der Waals surface area (Å²) in [6, 6.07) is 4.63. The van der Waals surface area contributed by atoms with Crippen LogP contribution in [0.3, 0.4) is 0 Å². The summed E-state index contributed by atoms with van der Waals surface area (Å²) in [6.45, 7) is 13.1. The van der Waals surface area contributed by atoms with Crippen molar-refractivity contribution >= 4 is 11.8 Å². The monoisotopic (exact) mass is 594 g/mol. The van der Waals surface area contributed by atoms with Crippen LogP contribution in [-0.2, 0) is 20.7 Å². The van der Waals surface area contributed by atoms with Crippen molar-refractivity contribution < 1.29 is 24.5 Å². The van der Waals surface area contributed by atoms with Crippen molar-refractivity contribution in [2.75, 3.05) is 6.61 Å². The van der Waals surface area contributed by atoms with E-state index in [4.69, 9.17) is 4.74 Å². The predicted molar refractivity (Wildman–Crippen MR) is 179 cm³/mol. The number of allylic oxidation sites excluding steroid dienone is 8. The van der Waals surface area contributed by atoms with Gasteiger partial charge in [0.05, 0.1) is 0 Å². The highest BCUT2D eigenvalue weighted by Gasteiger charge is 2.09. The zero-order valence-electron chi connectivity index (χ0n) is 27.8. The average molecular weight is 595 g/mol. The Morgan fingerprint density at radius 2 is 1.26 bits per heavy atom. The third kappa shape index (κ3) is 20.5. The molecule has 0 saturated heterocycles. The number of benzene rings is 1. The number of rotatable bonds is 22. The molecule has 0 unspecified atom stereocenters. The standard InChI is InChI=1S/C38H58O5/c1-29(2)13-9-16-32(5)19-10-17-30(3)14-7-8-15-31(4)18-11-20-33(6)23-26-38(42)43-28-35(39)22-12-21-34-24-25-36(40)37(41)27-34/h14-15,19-20,24-25,27,29,40-41H,7-13,16-18,21-23,26,28H2,1-6H3/b30-14+,31-15+,32-19-,33-20+. The van der Waals surface area contributed by atoms with Gasteiger partial charge in [-0.2, -0.15) is 0 Å². The van der Waals surface area contributed by atoms with Gasteiger partial charge < -0.3 is 14.9 Å². The summed E-state index contributed by atoms with van der Waals surface area (Å²) in [5, 5.41) is 18.9. The Labute approximate surface area is 261 Å². The summed E-state index contributed by atoms with van der Waals surface area (Å²) in [7, 11) is 0. The highest BCUT2D eigenvalue weighted by atomic mass is 16.5. The van der Waals surface area contributed by atoms with Crippen molar-refractivity contribution in [2.45, 2.75) is 131 Å². The number of ether oxygens (including phenoxy) is 1. The first-order chi connectivity index (χ1) is 20.5. The molecule has 43 heavy (non-hydrogen) atoms. The van der Waals surface area contributed by atoms with Crippen LogP contribution >= 0.6 is 0 Å². The van der Waals surface area contributed by atoms with Gasteiger partial charge in [0, 0.05) is 12.8 Å². The van der Waals surface area contributed by atoms with Gasteiger partial charge in [-0.3, -0.25) is 9.59 Å². The minimum Gasteiger partial charge on any atom is -0.504 e. The lowest BCUT2D eigenvalue weighted by molar-refractivity contribution is -0.147. The molecule has 2 N–H and O–H groups in total. The van der Waals surface area contributed by atoms with Crippen molar-refractivity contribution in [3.8, 4) is 11.5 Å². The molecule has 1 rings (SSSR count). The fourth-order valence-corrected chi connectivity index (χ4v) is 4.77. The molecule has 0 aliphatic carbocycles. The normalized spacial score (nSPS) is 13.1. The molecule has 0 aliphatic heterocycles. The van der Waals surface area contributed by atoms with Gasteiger partial charge in [0.1, 0.15) is 6.61 Å². The number of hydrogen-bond acceptors (Lipinski definition) is 5. The van der Waals surface area contributed by atoms with E-state index in [1.54, 1.807) is 6.07 Å². The van der Waals surface area contributed by atoms with Crippen LogP contribution < -0.4 is 0 Å². The number of phenolic OH excluding ortho intramolecular Hbond substituents is 2. The van der Waals surface area contributed by atoms with Gasteiger partial charge >= 0.3 is 5.97 Å². The Balaban J connectivity index is 2.17. The Bertz CT molecular complexity index is 1100. The highest BCUT2D eigenvalue weighted by Crippen LogP contribution is 2.25. The summed E-state index contributed by atoms with van der Waals surface area (Å²) in [4.78, 5) is 24.1. The maximum absolute atomic E-state index is 12.1. The molecule has 0 spiro atoms. The molecule has 0 atom stereocenters. The van der Waals surface area contributed by atoms with E-state index in [2.05, 4.69) is 58.9 Å². The fourth-order valence-electron chi connectivity index (χ4n) is 4.77. The number of unbranched alkanes of at least 4 members (excludes halogenated alkanes) is 1. The van der Waals surface area contributed by atoms with Gasteiger partial charge in [0.25, 0.3) is 0 Å². The molecule has 0 radical (unpaired) electrons. The summed E-state index contributed by atoms with van der Waals surface area (Å²) < 4.78 is 5.15. The second-order valence-corrected chi connectivity index (χ2v) is 12.5. The van der Waals surface area contributed by atoms with E-state index in [-0.39, 0.29) is 36.3 Å². The van der Waals surface area contributed by atoms with Crippen molar-refractivity contribution in [3.05, 3.63) is 70.4 Å². The van der Waals surface area contributed by atoms with Crippen LogP contribution in [0, 0.1) is 5.92 Å². The lowest BCUT2D eigenvalue weighted by Crippen LogP contribution is -2.13. The van der Waals surface area contributed by atoms with Crippen LogP contribution in [0.15, 0.2) is 64.8 Å². The van der Waals surface area contributed by atoms with Crippen LogP contribution in [0.4, 0.5) is 0 Å². The maximum Gasteiger partial charge on any atom is 0.306 e. The number of phenols is 2. The van der Waals surface area contributed by atoms with Gasteiger partial charge in [0.2, 0.25) is 0 Å². The summed E-state index contributed by atoms with van der Waals surface area (Å²) in [5.41, 5.74) is 6.41. The van der Waals surface area contributed by atoms with Crippen molar-refractivity contribution in [3.63, 3.8) is 0 Å². The minimum absolute atomic E-state index is 0.119. The maximum atomic E-state index is 12.1. The van der Waals surface area contributed by atoms with E-state index in [9.17, 15) is 19.8 Å². The molecule has 0 heterocycles. The van der Waals surface area contributed by atoms with Crippen LogP contribution in [0.25, 0.3) is 0 Å². The Morgan fingerprint density at radius 3 is 1.84 bits per heavy atom. The SMILES string of the molecule is C/C(=C/CC/C(C)=C/CC/C=C(\C)CC/C=C(\C)CCC(=O)OCC(=O)CCCc1ccc(O)c(O)c1)CCCC(C)C. The molecule has 1 aromatic carbocycles. The fraction of sp³-hybridized carbons (Fsp3) is 0.579. The van der Waals surface area contributed by atoms with Crippen molar-refractivity contribution in [1.29, 1.82) is 0 Å². The molecule has 5 heteroatoms. The number of aromatic hydroxyl groups is 2. The zero-order chi connectivity index (χ0) is 32.0. The van der Waals surface area contributed by atoms with Gasteiger partial charge in [0.15, 0.2) is 17.3 Å². The predicted octanol–water partition coefficient (Wildman–Crippen LogP) is 10.3. The molecule has 0 bridgehead atoms. The van der Waals surface area contributed by atoms with Crippen molar-refractivity contribution in [1.82, 2.24) is 0 Å². The van der Waals surface area contributed by atoms with E-state index in [1.165, 1.54) is 48.1 Å². The minimum atomic E-state index is -0.350. The first-order valence-electron chi connectivity index (χ1n) is 16.3. The first kappa shape index (κ1) is 37.9. The number of hydrogen-bond donors (Lipinski definition) is 2. The van der Waals surface area contributed by atoms with E-state index in [1.807, 2.05) is 6.92 Å². The van der Waals surface area contributed by atoms with Gasteiger partial charge in [-0.05, 0) is 122 Å². The molecular formula is C38H58O5. The number of carbonyl (C=O) groups is 2.